The highest BCUT2D eigenvalue weighted by Gasteiger charge is 2.27. The van der Waals surface area contributed by atoms with Crippen molar-refractivity contribution in [1.29, 1.82) is 0 Å². The average molecular weight is 182 g/mol. The molecule has 74 valence electrons. The molecule has 0 spiro atoms. The lowest BCUT2D eigenvalue weighted by Gasteiger charge is -2.09. The Balaban J connectivity index is 2.61. The van der Waals surface area contributed by atoms with Crippen LogP contribution in [0.25, 0.3) is 0 Å². The molecule has 0 saturated carbocycles. The van der Waals surface area contributed by atoms with Crippen LogP contribution in [0.3, 0.4) is 0 Å². The van der Waals surface area contributed by atoms with Crippen LogP contribution in [-0.4, -0.2) is 12.1 Å². The van der Waals surface area contributed by atoms with E-state index in [1.807, 2.05) is 13.8 Å². The highest BCUT2D eigenvalue weighted by Crippen LogP contribution is 2.27. The molecule has 0 fully saturated rings. The summed E-state index contributed by atoms with van der Waals surface area (Å²) in [6.07, 6.45) is 2.13. The van der Waals surface area contributed by atoms with Crippen molar-refractivity contribution in [2.24, 2.45) is 5.92 Å². The van der Waals surface area contributed by atoms with Gasteiger partial charge in [-0.2, -0.15) is 0 Å². The lowest BCUT2D eigenvalue weighted by Crippen LogP contribution is -2.06. The van der Waals surface area contributed by atoms with Crippen LogP contribution in [0.2, 0.25) is 0 Å². The number of carbonyl (C=O) groups excluding carboxylic acids is 1. The summed E-state index contributed by atoms with van der Waals surface area (Å²) in [5, 5.41) is 0. The third kappa shape index (κ3) is 2.33. The van der Waals surface area contributed by atoms with Crippen molar-refractivity contribution in [1.82, 2.24) is 0 Å². The summed E-state index contributed by atoms with van der Waals surface area (Å²) in [7, 11) is 0. The summed E-state index contributed by atoms with van der Waals surface area (Å²) in [5.74, 6) is 0.550. The first-order chi connectivity index (χ1) is 6.02. The van der Waals surface area contributed by atoms with Crippen molar-refractivity contribution in [2.75, 3.05) is 0 Å². The number of ether oxygens (including phenoxy) is 1. The van der Waals surface area contributed by atoms with Crippen LogP contribution in [0.15, 0.2) is 11.1 Å². The van der Waals surface area contributed by atoms with Gasteiger partial charge in [0.2, 0.25) is 0 Å². The molecule has 0 bridgehead atoms. The number of hydrogen-bond acceptors (Lipinski definition) is 2. The van der Waals surface area contributed by atoms with Crippen molar-refractivity contribution in [3.63, 3.8) is 0 Å². The van der Waals surface area contributed by atoms with Crippen LogP contribution in [0.1, 0.15) is 40.5 Å². The Morgan fingerprint density at radius 3 is 2.46 bits per heavy atom. The van der Waals surface area contributed by atoms with E-state index < -0.39 is 0 Å². The molecule has 0 aromatic carbocycles. The van der Waals surface area contributed by atoms with E-state index in [0.29, 0.717) is 5.92 Å². The van der Waals surface area contributed by atoms with Gasteiger partial charge >= 0.3 is 5.97 Å². The van der Waals surface area contributed by atoms with Crippen molar-refractivity contribution in [3.05, 3.63) is 11.1 Å². The first-order valence-corrected chi connectivity index (χ1v) is 4.93. The normalized spacial score (nSPS) is 22.8. The van der Waals surface area contributed by atoms with Gasteiger partial charge in [0.05, 0.1) is 0 Å². The van der Waals surface area contributed by atoms with E-state index in [0.717, 1.165) is 18.4 Å². The van der Waals surface area contributed by atoms with Gasteiger partial charge in [0.25, 0.3) is 0 Å². The number of carbonyl (C=O) groups is 1. The van der Waals surface area contributed by atoms with E-state index in [1.54, 1.807) is 0 Å². The van der Waals surface area contributed by atoms with Gasteiger partial charge in [-0.25, -0.2) is 4.79 Å². The van der Waals surface area contributed by atoms with E-state index >= 15 is 0 Å². The molecule has 1 atom stereocenters. The molecule has 0 N–H and O–H groups in total. The Morgan fingerprint density at radius 2 is 2.08 bits per heavy atom. The zero-order valence-electron chi connectivity index (χ0n) is 8.89. The quantitative estimate of drug-likeness (QED) is 0.627. The topological polar surface area (TPSA) is 26.3 Å². The van der Waals surface area contributed by atoms with Gasteiger partial charge in [0.1, 0.15) is 6.10 Å². The van der Waals surface area contributed by atoms with Crippen LogP contribution in [0, 0.1) is 5.92 Å². The highest BCUT2D eigenvalue weighted by atomic mass is 16.5. The van der Waals surface area contributed by atoms with Gasteiger partial charge in [-0.1, -0.05) is 13.8 Å². The summed E-state index contributed by atoms with van der Waals surface area (Å²) < 4.78 is 5.11. The molecule has 1 rings (SSSR count). The summed E-state index contributed by atoms with van der Waals surface area (Å²) in [4.78, 5) is 11.2. The van der Waals surface area contributed by atoms with Crippen molar-refractivity contribution in [3.8, 4) is 0 Å². The van der Waals surface area contributed by atoms with E-state index in [-0.39, 0.29) is 12.1 Å². The van der Waals surface area contributed by atoms with Gasteiger partial charge in [0, 0.05) is 5.57 Å². The largest absolute Gasteiger partial charge is 0.455 e. The van der Waals surface area contributed by atoms with E-state index in [4.69, 9.17) is 4.74 Å². The Kier molecular flexibility index (Phi) is 3.12. The first kappa shape index (κ1) is 10.3. The van der Waals surface area contributed by atoms with E-state index in [1.165, 1.54) is 5.57 Å². The molecule has 1 heterocycles. The lowest BCUT2D eigenvalue weighted by molar-refractivity contribution is -0.139. The average Bonchev–Trinajstić information content (AvgIpc) is 2.24. The maximum atomic E-state index is 11.2. The molecule has 0 saturated heterocycles. The highest BCUT2D eigenvalue weighted by molar-refractivity contribution is 5.91. The smallest absolute Gasteiger partial charge is 0.334 e. The monoisotopic (exact) mass is 182 g/mol. The van der Waals surface area contributed by atoms with Gasteiger partial charge in [0.15, 0.2) is 0 Å². The fourth-order valence-corrected chi connectivity index (χ4v) is 1.59. The number of hydrogen-bond donors (Lipinski definition) is 0. The van der Waals surface area contributed by atoms with E-state index in [2.05, 4.69) is 13.8 Å². The Hall–Kier alpha value is -0.790. The molecule has 0 aromatic rings. The molecule has 1 unspecified atom stereocenters. The molecule has 0 radical (unpaired) electrons. The summed E-state index contributed by atoms with van der Waals surface area (Å²) in [6.45, 7) is 8.20. The fraction of sp³-hybridized carbons (Fsp3) is 0.727. The van der Waals surface area contributed by atoms with Crippen molar-refractivity contribution < 1.29 is 9.53 Å². The minimum Gasteiger partial charge on any atom is -0.455 e. The molecule has 2 heteroatoms. The second-order valence-corrected chi connectivity index (χ2v) is 4.13. The molecule has 2 nitrogen and oxygen atoms in total. The van der Waals surface area contributed by atoms with Crippen LogP contribution in [-0.2, 0) is 9.53 Å². The lowest BCUT2D eigenvalue weighted by atomic mass is 9.97. The van der Waals surface area contributed by atoms with Gasteiger partial charge in [-0.3, -0.25) is 0 Å². The predicted octanol–water partition coefficient (Wildman–Crippen LogP) is 2.68. The van der Waals surface area contributed by atoms with Gasteiger partial charge < -0.3 is 4.74 Å². The van der Waals surface area contributed by atoms with Crippen LogP contribution < -0.4 is 0 Å². The third-order valence-electron chi connectivity index (χ3n) is 2.55. The van der Waals surface area contributed by atoms with Crippen LogP contribution in [0.4, 0.5) is 0 Å². The number of cyclic esters (lactones) is 1. The molecule has 13 heavy (non-hydrogen) atoms. The molecule has 1 aliphatic heterocycles. The summed E-state index contributed by atoms with van der Waals surface area (Å²) in [6, 6.07) is 0. The molecular weight excluding hydrogens is 164 g/mol. The number of esters is 1. The minimum atomic E-state index is -0.133. The standard InChI is InChI=1S/C11H18O2/c1-7(2)5-6-10-8(3)11(12)13-9(10)4/h7,9H,5-6H2,1-4H3. The molecule has 0 aliphatic carbocycles. The Morgan fingerprint density at radius 1 is 1.46 bits per heavy atom. The zero-order chi connectivity index (χ0) is 10.0. The zero-order valence-corrected chi connectivity index (χ0v) is 8.89. The second kappa shape index (κ2) is 3.95. The molecule has 0 aromatic heterocycles. The number of rotatable bonds is 3. The maximum absolute atomic E-state index is 11.2. The fourth-order valence-electron chi connectivity index (χ4n) is 1.59. The summed E-state index contributed by atoms with van der Waals surface area (Å²) in [5.41, 5.74) is 2.02. The van der Waals surface area contributed by atoms with Crippen LogP contribution in [0.5, 0.6) is 0 Å². The maximum Gasteiger partial charge on any atom is 0.334 e. The second-order valence-electron chi connectivity index (χ2n) is 4.13. The predicted molar refractivity (Wildman–Crippen MR) is 52.3 cm³/mol. The molecule has 0 amide bonds. The molecule has 1 aliphatic rings. The van der Waals surface area contributed by atoms with Crippen LogP contribution >= 0.6 is 0 Å². The van der Waals surface area contributed by atoms with Gasteiger partial charge in [-0.15, -0.1) is 0 Å². The van der Waals surface area contributed by atoms with Crippen molar-refractivity contribution >= 4 is 5.97 Å². The Labute approximate surface area is 80.0 Å². The Bertz CT molecular complexity index is 238. The first-order valence-electron chi connectivity index (χ1n) is 4.93. The minimum absolute atomic E-state index is 0.00579. The third-order valence-corrected chi connectivity index (χ3v) is 2.55. The SMILES string of the molecule is CC1=C(CCC(C)C)C(C)OC1=O. The molecular formula is C11H18O2. The van der Waals surface area contributed by atoms with Crippen molar-refractivity contribution in [2.45, 2.75) is 46.6 Å². The van der Waals surface area contributed by atoms with Gasteiger partial charge in [-0.05, 0) is 38.2 Å². The summed E-state index contributed by atoms with van der Waals surface area (Å²) >= 11 is 0. The van der Waals surface area contributed by atoms with E-state index in [9.17, 15) is 4.79 Å².